The summed E-state index contributed by atoms with van der Waals surface area (Å²) in [6.07, 6.45) is 11.1. The Morgan fingerprint density at radius 3 is 2.44 bits per heavy atom. The molecule has 1 aliphatic carbocycles. The molecule has 1 fully saturated rings. The van der Waals surface area contributed by atoms with Crippen molar-refractivity contribution in [3.05, 3.63) is 0 Å². The molecule has 0 saturated heterocycles. The van der Waals surface area contributed by atoms with Crippen LogP contribution in [-0.2, 0) is 4.79 Å². The van der Waals surface area contributed by atoms with Crippen LogP contribution >= 0.6 is 22.6 Å². The summed E-state index contributed by atoms with van der Waals surface area (Å²) in [6.45, 7) is 0.885. The molecule has 1 rings (SSSR count). The lowest BCUT2D eigenvalue weighted by Gasteiger charge is -2.20. The highest BCUT2D eigenvalue weighted by molar-refractivity contribution is 14.1. The zero-order valence-corrected chi connectivity index (χ0v) is 12.3. The third kappa shape index (κ3) is 6.06. The summed E-state index contributed by atoms with van der Waals surface area (Å²) in [5.41, 5.74) is 0. The molecule has 0 radical (unpaired) electrons. The van der Waals surface area contributed by atoms with Crippen LogP contribution in [0.25, 0.3) is 0 Å². The Bertz CT molecular complexity index is 190. The SMILES string of the molecule is O=C(NCCCCCCI)C1CCCCC1. The molecule has 16 heavy (non-hydrogen) atoms. The van der Waals surface area contributed by atoms with Gasteiger partial charge in [-0.05, 0) is 30.1 Å². The number of carbonyl (C=O) groups excluding carboxylic acids is 1. The monoisotopic (exact) mass is 337 g/mol. The molecule has 0 aliphatic heterocycles. The predicted molar refractivity (Wildman–Crippen MR) is 76.9 cm³/mol. The number of carbonyl (C=O) groups is 1. The Labute approximate surface area is 113 Å². The lowest BCUT2D eigenvalue weighted by atomic mass is 9.89. The molecule has 1 amide bonds. The first-order valence-corrected chi connectivity index (χ1v) is 8.21. The molecule has 3 heteroatoms. The zero-order chi connectivity index (χ0) is 11.6. The summed E-state index contributed by atoms with van der Waals surface area (Å²) < 4.78 is 1.26. The van der Waals surface area contributed by atoms with Crippen molar-refractivity contribution in [1.29, 1.82) is 0 Å². The van der Waals surface area contributed by atoms with Gasteiger partial charge in [-0.25, -0.2) is 0 Å². The summed E-state index contributed by atoms with van der Waals surface area (Å²) >= 11 is 2.42. The molecule has 1 aliphatic rings. The fourth-order valence-electron chi connectivity index (χ4n) is 2.29. The highest BCUT2D eigenvalue weighted by Gasteiger charge is 2.20. The minimum absolute atomic E-state index is 0.314. The van der Waals surface area contributed by atoms with E-state index < -0.39 is 0 Å². The lowest BCUT2D eigenvalue weighted by molar-refractivity contribution is -0.125. The average Bonchev–Trinajstić information content (AvgIpc) is 2.34. The number of alkyl halides is 1. The first kappa shape index (κ1) is 14.3. The van der Waals surface area contributed by atoms with E-state index in [0.717, 1.165) is 25.8 Å². The molecule has 0 bridgehead atoms. The lowest BCUT2D eigenvalue weighted by Crippen LogP contribution is -2.32. The molecular formula is C13H24INO. The molecule has 1 saturated carbocycles. The van der Waals surface area contributed by atoms with Gasteiger partial charge in [0.1, 0.15) is 0 Å². The summed E-state index contributed by atoms with van der Waals surface area (Å²) in [4.78, 5) is 11.8. The largest absolute Gasteiger partial charge is 0.356 e. The average molecular weight is 337 g/mol. The van der Waals surface area contributed by atoms with Crippen LogP contribution in [0.3, 0.4) is 0 Å². The van der Waals surface area contributed by atoms with Crippen LogP contribution in [-0.4, -0.2) is 16.9 Å². The van der Waals surface area contributed by atoms with Crippen molar-refractivity contribution in [1.82, 2.24) is 5.32 Å². The van der Waals surface area contributed by atoms with Crippen LogP contribution in [0, 0.1) is 5.92 Å². The third-order valence-electron chi connectivity index (χ3n) is 3.34. The Morgan fingerprint density at radius 1 is 1.06 bits per heavy atom. The maximum atomic E-state index is 11.8. The van der Waals surface area contributed by atoms with E-state index in [9.17, 15) is 4.79 Å². The van der Waals surface area contributed by atoms with Gasteiger partial charge >= 0.3 is 0 Å². The van der Waals surface area contributed by atoms with E-state index >= 15 is 0 Å². The summed E-state index contributed by atoms with van der Waals surface area (Å²) in [5.74, 6) is 0.636. The van der Waals surface area contributed by atoms with E-state index in [4.69, 9.17) is 0 Å². The van der Waals surface area contributed by atoms with Gasteiger partial charge in [0.15, 0.2) is 0 Å². The van der Waals surface area contributed by atoms with E-state index in [0.29, 0.717) is 11.8 Å². The molecule has 94 valence electrons. The molecule has 0 spiro atoms. The van der Waals surface area contributed by atoms with E-state index in [1.54, 1.807) is 0 Å². The van der Waals surface area contributed by atoms with Crippen molar-refractivity contribution >= 4 is 28.5 Å². The Balaban J connectivity index is 1.97. The second-order valence-electron chi connectivity index (χ2n) is 4.73. The van der Waals surface area contributed by atoms with Crippen molar-refractivity contribution in [3.63, 3.8) is 0 Å². The predicted octanol–water partition coefficient (Wildman–Crippen LogP) is 3.68. The van der Waals surface area contributed by atoms with E-state index in [1.165, 1.54) is 43.0 Å². The molecule has 0 heterocycles. The van der Waals surface area contributed by atoms with Gasteiger partial charge in [-0.3, -0.25) is 4.79 Å². The van der Waals surface area contributed by atoms with Gasteiger partial charge in [-0.1, -0.05) is 54.7 Å². The number of hydrogen-bond acceptors (Lipinski definition) is 1. The zero-order valence-electron chi connectivity index (χ0n) is 10.1. The molecule has 2 nitrogen and oxygen atoms in total. The summed E-state index contributed by atoms with van der Waals surface area (Å²) in [5, 5.41) is 3.09. The van der Waals surface area contributed by atoms with E-state index in [-0.39, 0.29) is 0 Å². The normalized spacial score (nSPS) is 17.3. The number of unbranched alkanes of at least 4 members (excludes halogenated alkanes) is 3. The van der Waals surface area contributed by atoms with Gasteiger partial charge in [-0.15, -0.1) is 0 Å². The topological polar surface area (TPSA) is 29.1 Å². The minimum Gasteiger partial charge on any atom is -0.356 e. The van der Waals surface area contributed by atoms with Gasteiger partial charge in [0.2, 0.25) is 5.91 Å². The van der Waals surface area contributed by atoms with Crippen LogP contribution < -0.4 is 5.32 Å². The fourth-order valence-corrected chi connectivity index (χ4v) is 2.83. The highest BCUT2D eigenvalue weighted by Crippen LogP contribution is 2.23. The maximum Gasteiger partial charge on any atom is 0.223 e. The number of rotatable bonds is 7. The van der Waals surface area contributed by atoms with Crippen molar-refractivity contribution < 1.29 is 4.79 Å². The van der Waals surface area contributed by atoms with Crippen molar-refractivity contribution in [3.8, 4) is 0 Å². The molecule has 0 aromatic heterocycles. The second-order valence-corrected chi connectivity index (χ2v) is 5.81. The smallest absolute Gasteiger partial charge is 0.223 e. The van der Waals surface area contributed by atoms with Gasteiger partial charge in [0, 0.05) is 12.5 Å². The Morgan fingerprint density at radius 2 is 1.75 bits per heavy atom. The highest BCUT2D eigenvalue weighted by atomic mass is 127. The van der Waals surface area contributed by atoms with Crippen molar-refractivity contribution in [2.45, 2.75) is 57.8 Å². The van der Waals surface area contributed by atoms with Crippen molar-refractivity contribution in [2.24, 2.45) is 5.92 Å². The molecule has 0 atom stereocenters. The Kier molecular flexibility index (Phi) is 8.25. The standard InChI is InChI=1S/C13H24INO/c14-10-6-1-2-7-11-15-13(16)12-8-4-3-5-9-12/h12H,1-11H2,(H,15,16). The minimum atomic E-state index is 0.314. The number of halogens is 1. The van der Waals surface area contributed by atoms with Gasteiger partial charge in [0.25, 0.3) is 0 Å². The van der Waals surface area contributed by atoms with Gasteiger partial charge in [0.05, 0.1) is 0 Å². The van der Waals surface area contributed by atoms with E-state index in [1.807, 2.05) is 0 Å². The van der Waals surface area contributed by atoms with Gasteiger partial charge in [-0.2, -0.15) is 0 Å². The van der Waals surface area contributed by atoms with Crippen LogP contribution in [0.1, 0.15) is 57.8 Å². The molecule has 0 unspecified atom stereocenters. The van der Waals surface area contributed by atoms with Crippen LogP contribution in [0.2, 0.25) is 0 Å². The number of hydrogen-bond donors (Lipinski definition) is 1. The van der Waals surface area contributed by atoms with E-state index in [2.05, 4.69) is 27.9 Å². The van der Waals surface area contributed by atoms with Crippen molar-refractivity contribution in [2.75, 3.05) is 11.0 Å². The van der Waals surface area contributed by atoms with Crippen LogP contribution in [0.4, 0.5) is 0 Å². The van der Waals surface area contributed by atoms with Crippen LogP contribution in [0.5, 0.6) is 0 Å². The molecule has 0 aromatic carbocycles. The van der Waals surface area contributed by atoms with Crippen LogP contribution in [0.15, 0.2) is 0 Å². The van der Waals surface area contributed by atoms with Gasteiger partial charge < -0.3 is 5.32 Å². The third-order valence-corrected chi connectivity index (χ3v) is 4.10. The second kappa shape index (κ2) is 9.25. The quantitative estimate of drug-likeness (QED) is 0.429. The number of amides is 1. The summed E-state index contributed by atoms with van der Waals surface area (Å²) in [7, 11) is 0. The molecule has 1 N–H and O–H groups in total. The molecular weight excluding hydrogens is 313 g/mol. The fraction of sp³-hybridized carbons (Fsp3) is 0.923. The first-order chi connectivity index (χ1) is 7.84. The summed E-state index contributed by atoms with van der Waals surface area (Å²) in [6, 6.07) is 0. The Hall–Kier alpha value is 0.200. The molecule has 0 aromatic rings. The first-order valence-electron chi connectivity index (χ1n) is 6.68. The number of nitrogens with one attached hydrogen (secondary N) is 1. The maximum absolute atomic E-state index is 11.8.